The summed E-state index contributed by atoms with van der Waals surface area (Å²) in [4.78, 5) is 0. The number of rotatable bonds is 2. The fourth-order valence-electron chi connectivity index (χ4n) is 2.96. The van der Waals surface area contributed by atoms with Gasteiger partial charge in [-0.1, -0.05) is 49.6 Å². The van der Waals surface area contributed by atoms with E-state index in [2.05, 4.69) is 30.3 Å². The third-order valence-corrected chi connectivity index (χ3v) is 3.96. The maximum Gasteiger partial charge on any atom is 0.234 e. The molecule has 2 aromatic rings. The molecule has 0 unspecified atom stereocenters. The van der Waals surface area contributed by atoms with Gasteiger partial charge in [0.05, 0.1) is 6.07 Å². The summed E-state index contributed by atoms with van der Waals surface area (Å²) in [7, 11) is 2.02. The Hall–Kier alpha value is -1.57. The van der Waals surface area contributed by atoms with E-state index in [-0.39, 0.29) is 0 Å². The second-order valence-corrected chi connectivity index (χ2v) is 5.22. The molecule has 3 rings (SSSR count). The number of aryl methyl sites for hydroxylation is 1. The fourth-order valence-corrected chi connectivity index (χ4v) is 2.96. The minimum absolute atomic E-state index is 0.685. The Morgan fingerprint density at radius 2 is 1.78 bits per heavy atom. The molecule has 1 aliphatic rings. The van der Waals surface area contributed by atoms with Gasteiger partial charge in [-0.15, -0.1) is 0 Å². The predicted octanol–water partition coefficient (Wildman–Crippen LogP) is 3.82. The van der Waals surface area contributed by atoms with E-state index in [0.29, 0.717) is 5.92 Å². The summed E-state index contributed by atoms with van der Waals surface area (Å²) in [6.45, 7) is 0. The summed E-state index contributed by atoms with van der Waals surface area (Å²) in [6, 6.07) is 12.6. The second-order valence-electron chi connectivity index (χ2n) is 5.22. The molecule has 0 saturated heterocycles. The van der Waals surface area contributed by atoms with Crippen molar-refractivity contribution in [3.8, 4) is 11.3 Å². The third-order valence-electron chi connectivity index (χ3n) is 3.96. The lowest BCUT2D eigenvalue weighted by atomic mass is 9.86. The monoisotopic (exact) mass is 242 g/mol. The van der Waals surface area contributed by atoms with Crippen molar-refractivity contribution in [2.24, 2.45) is 7.05 Å². The maximum atomic E-state index is 5.87. The molecule has 0 spiro atoms. The quantitative estimate of drug-likeness (QED) is 0.732. The first-order valence-corrected chi connectivity index (χ1v) is 6.90. The topological polar surface area (TPSA) is 17.0 Å². The van der Waals surface area contributed by atoms with E-state index in [4.69, 9.17) is 4.52 Å². The molecule has 0 N–H and O–H groups in total. The van der Waals surface area contributed by atoms with Gasteiger partial charge in [0.1, 0.15) is 0 Å². The van der Waals surface area contributed by atoms with Gasteiger partial charge in [-0.3, -0.25) is 0 Å². The van der Waals surface area contributed by atoms with Crippen LogP contribution in [0.4, 0.5) is 0 Å². The van der Waals surface area contributed by atoms with Crippen LogP contribution >= 0.6 is 0 Å². The van der Waals surface area contributed by atoms with Crippen molar-refractivity contribution in [1.82, 2.24) is 0 Å². The zero-order chi connectivity index (χ0) is 12.4. The molecule has 0 bridgehead atoms. The lowest BCUT2D eigenvalue weighted by Crippen LogP contribution is -2.32. The van der Waals surface area contributed by atoms with Crippen molar-refractivity contribution in [2.45, 2.75) is 38.0 Å². The first kappa shape index (κ1) is 11.5. The minimum Gasteiger partial charge on any atom is -0.236 e. The van der Waals surface area contributed by atoms with Crippen molar-refractivity contribution in [3.63, 3.8) is 0 Å². The Labute approximate surface area is 108 Å². The first-order chi connectivity index (χ1) is 8.84. The highest BCUT2D eigenvalue weighted by atomic mass is 16.5. The summed E-state index contributed by atoms with van der Waals surface area (Å²) in [5.74, 6) is 1.67. The van der Waals surface area contributed by atoms with E-state index >= 15 is 0 Å². The standard InChI is InChI=1S/C16H20NO/c1-17-15(13-8-4-2-5-9-13)12-16(18-17)14-10-6-3-7-11-14/h3,6-7,10-13H,2,4-5,8-9H2,1H3/q+1. The predicted molar refractivity (Wildman–Crippen MR) is 71.1 cm³/mol. The molecule has 18 heavy (non-hydrogen) atoms. The molecule has 1 heterocycles. The molecule has 1 aromatic carbocycles. The van der Waals surface area contributed by atoms with Gasteiger partial charge in [0.25, 0.3) is 0 Å². The number of benzene rings is 1. The van der Waals surface area contributed by atoms with Crippen LogP contribution in [-0.4, -0.2) is 0 Å². The molecule has 0 aliphatic heterocycles. The van der Waals surface area contributed by atoms with E-state index < -0.39 is 0 Å². The van der Waals surface area contributed by atoms with E-state index in [0.717, 1.165) is 11.3 Å². The fraction of sp³-hybridized carbons (Fsp3) is 0.438. The Morgan fingerprint density at radius 3 is 2.50 bits per heavy atom. The molecule has 1 fully saturated rings. The summed E-state index contributed by atoms with van der Waals surface area (Å²) >= 11 is 0. The van der Waals surface area contributed by atoms with Gasteiger partial charge in [-0.2, -0.15) is 0 Å². The molecule has 0 radical (unpaired) electrons. The molecule has 1 aromatic heterocycles. The Bertz CT molecular complexity index is 509. The third kappa shape index (κ3) is 2.20. The SMILES string of the molecule is C[n+]1oc(-c2ccccc2)cc1C1CCCCC1. The van der Waals surface area contributed by atoms with Crippen LogP contribution in [0.1, 0.15) is 43.7 Å². The van der Waals surface area contributed by atoms with Gasteiger partial charge >= 0.3 is 0 Å². The Balaban J connectivity index is 1.91. The average molecular weight is 242 g/mol. The number of hydrogen-bond acceptors (Lipinski definition) is 1. The zero-order valence-electron chi connectivity index (χ0n) is 10.9. The molecule has 0 atom stereocenters. The summed E-state index contributed by atoms with van der Waals surface area (Å²) in [6.07, 6.45) is 6.72. The second kappa shape index (κ2) is 4.97. The van der Waals surface area contributed by atoms with Crippen LogP contribution in [0.3, 0.4) is 0 Å². The van der Waals surface area contributed by atoms with Crippen LogP contribution in [-0.2, 0) is 7.05 Å². The highest BCUT2D eigenvalue weighted by molar-refractivity contribution is 5.56. The lowest BCUT2D eigenvalue weighted by Gasteiger charge is -2.16. The molecular formula is C16H20NO+. The Morgan fingerprint density at radius 1 is 1.06 bits per heavy atom. The summed E-state index contributed by atoms with van der Waals surface area (Å²) < 4.78 is 7.83. The highest BCUT2D eigenvalue weighted by Crippen LogP contribution is 2.32. The maximum absolute atomic E-state index is 5.87. The molecular weight excluding hydrogens is 222 g/mol. The van der Waals surface area contributed by atoms with E-state index in [1.807, 2.05) is 17.9 Å². The van der Waals surface area contributed by atoms with Crippen LogP contribution in [0.5, 0.6) is 0 Å². The van der Waals surface area contributed by atoms with Crippen molar-refractivity contribution in [3.05, 3.63) is 42.1 Å². The van der Waals surface area contributed by atoms with E-state index in [1.54, 1.807) is 0 Å². The van der Waals surface area contributed by atoms with E-state index in [9.17, 15) is 0 Å². The summed E-state index contributed by atoms with van der Waals surface area (Å²) in [5.41, 5.74) is 2.52. The largest absolute Gasteiger partial charge is 0.236 e. The minimum atomic E-state index is 0.685. The van der Waals surface area contributed by atoms with Crippen molar-refractivity contribution < 1.29 is 9.26 Å². The van der Waals surface area contributed by atoms with Crippen LogP contribution in [0, 0.1) is 0 Å². The smallest absolute Gasteiger partial charge is 0.234 e. The number of nitrogens with zero attached hydrogens (tertiary/aromatic N) is 1. The highest BCUT2D eigenvalue weighted by Gasteiger charge is 2.27. The molecule has 2 heteroatoms. The van der Waals surface area contributed by atoms with Gasteiger partial charge in [0, 0.05) is 11.5 Å². The molecule has 1 aliphatic carbocycles. The zero-order valence-corrected chi connectivity index (χ0v) is 10.9. The number of hydrogen-bond donors (Lipinski definition) is 0. The van der Waals surface area contributed by atoms with Gasteiger partial charge < -0.3 is 0 Å². The normalized spacial score (nSPS) is 16.9. The number of aromatic nitrogens is 1. The van der Waals surface area contributed by atoms with Gasteiger partial charge in [-0.25, -0.2) is 4.52 Å². The molecule has 1 saturated carbocycles. The average Bonchev–Trinajstić information content (AvgIpc) is 2.83. The summed E-state index contributed by atoms with van der Waals surface area (Å²) in [5, 5.41) is 0. The van der Waals surface area contributed by atoms with Crippen LogP contribution in [0.25, 0.3) is 11.3 Å². The van der Waals surface area contributed by atoms with E-state index in [1.165, 1.54) is 37.8 Å². The van der Waals surface area contributed by atoms with Crippen molar-refractivity contribution >= 4 is 0 Å². The van der Waals surface area contributed by atoms with Gasteiger partial charge in [0.15, 0.2) is 7.05 Å². The van der Waals surface area contributed by atoms with Crippen LogP contribution in [0.15, 0.2) is 40.9 Å². The van der Waals surface area contributed by atoms with Gasteiger partial charge in [-0.05, 0) is 17.6 Å². The van der Waals surface area contributed by atoms with Crippen molar-refractivity contribution in [1.29, 1.82) is 0 Å². The molecule has 94 valence electrons. The van der Waals surface area contributed by atoms with Crippen molar-refractivity contribution in [2.75, 3.05) is 0 Å². The Kier molecular flexibility index (Phi) is 3.18. The molecule has 2 nitrogen and oxygen atoms in total. The van der Waals surface area contributed by atoms with Crippen LogP contribution < -0.4 is 4.74 Å². The van der Waals surface area contributed by atoms with Crippen LogP contribution in [0.2, 0.25) is 0 Å². The lowest BCUT2D eigenvalue weighted by molar-refractivity contribution is -0.849. The molecule has 0 amide bonds. The van der Waals surface area contributed by atoms with Gasteiger partial charge in [0.2, 0.25) is 11.5 Å². The first-order valence-electron chi connectivity index (χ1n) is 6.90.